The minimum atomic E-state index is -0.675. The van der Waals surface area contributed by atoms with E-state index in [0.29, 0.717) is 11.6 Å². The van der Waals surface area contributed by atoms with Gasteiger partial charge in [-0.25, -0.2) is 4.79 Å². The molecule has 0 saturated carbocycles. The number of anilines is 1. The molecule has 1 aliphatic rings. The molecule has 2 aromatic rings. The lowest BCUT2D eigenvalue weighted by Crippen LogP contribution is -2.24. The highest BCUT2D eigenvalue weighted by molar-refractivity contribution is 5.91. The number of carbonyl (C=O) groups excluding carboxylic acids is 1. The van der Waals surface area contributed by atoms with E-state index in [1.165, 1.54) is 6.07 Å². The van der Waals surface area contributed by atoms with E-state index in [1.807, 2.05) is 4.90 Å². The first-order valence-electron chi connectivity index (χ1n) is 8.54. The molecule has 0 bridgehead atoms. The molecule has 0 aliphatic carbocycles. The Hall–Kier alpha value is -2.97. The molecule has 3 rings (SSSR count). The van der Waals surface area contributed by atoms with Crippen molar-refractivity contribution >= 4 is 17.3 Å². The number of nitrogens with zero attached hydrogens (tertiary/aromatic N) is 4. The second-order valence-corrected chi connectivity index (χ2v) is 6.15. The van der Waals surface area contributed by atoms with Crippen molar-refractivity contribution in [3.8, 4) is 0 Å². The molecular formula is C17H20N4O5. The van der Waals surface area contributed by atoms with E-state index < -0.39 is 10.9 Å². The molecule has 0 atom stereocenters. The van der Waals surface area contributed by atoms with Gasteiger partial charge in [-0.1, -0.05) is 12.8 Å². The van der Waals surface area contributed by atoms with Crippen molar-refractivity contribution < 1.29 is 18.9 Å². The molecule has 1 fully saturated rings. The van der Waals surface area contributed by atoms with Gasteiger partial charge in [0, 0.05) is 26.1 Å². The van der Waals surface area contributed by atoms with Gasteiger partial charge >= 0.3 is 5.97 Å². The fourth-order valence-electron chi connectivity index (χ4n) is 2.98. The lowest BCUT2D eigenvalue weighted by molar-refractivity contribution is -0.384. The van der Waals surface area contributed by atoms with Crippen LogP contribution in [0.4, 0.5) is 11.4 Å². The van der Waals surface area contributed by atoms with Crippen molar-refractivity contribution in [1.29, 1.82) is 0 Å². The normalized spacial score (nSPS) is 14.7. The Bertz CT molecular complexity index is 796. The second kappa shape index (κ2) is 7.94. The maximum atomic E-state index is 12.2. The average Bonchev–Trinajstić information content (AvgIpc) is 2.88. The zero-order valence-electron chi connectivity index (χ0n) is 14.5. The van der Waals surface area contributed by atoms with Crippen molar-refractivity contribution in [3.05, 3.63) is 45.7 Å². The van der Waals surface area contributed by atoms with Gasteiger partial charge in [0.2, 0.25) is 5.89 Å². The van der Waals surface area contributed by atoms with Gasteiger partial charge in [0.25, 0.3) is 11.6 Å². The van der Waals surface area contributed by atoms with Crippen LogP contribution in [0.3, 0.4) is 0 Å². The Morgan fingerprint density at radius 2 is 2.00 bits per heavy atom. The standard InChI is InChI=1S/C17H20N4O5/c1-12-18-19-16(26-12)11-25-17(22)13-6-7-14(15(10-13)21(23)24)20-8-4-2-3-5-9-20/h6-7,10H,2-5,8-9,11H2,1H3. The fourth-order valence-corrected chi connectivity index (χ4v) is 2.98. The van der Waals surface area contributed by atoms with Gasteiger partial charge < -0.3 is 14.1 Å². The number of carbonyl (C=O) groups is 1. The summed E-state index contributed by atoms with van der Waals surface area (Å²) < 4.78 is 10.2. The highest BCUT2D eigenvalue weighted by Gasteiger charge is 2.23. The summed E-state index contributed by atoms with van der Waals surface area (Å²) in [6.07, 6.45) is 4.27. The second-order valence-electron chi connectivity index (χ2n) is 6.15. The number of esters is 1. The maximum Gasteiger partial charge on any atom is 0.338 e. The topological polar surface area (TPSA) is 112 Å². The summed E-state index contributed by atoms with van der Waals surface area (Å²) >= 11 is 0. The van der Waals surface area contributed by atoms with Crippen LogP contribution in [0.2, 0.25) is 0 Å². The van der Waals surface area contributed by atoms with Gasteiger partial charge in [-0.15, -0.1) is 10.2 Å². The van der Waals surface area contributed by atoms with Gasteiger partial charge in [0.1, 0.15) is 5.69 Å². The summed E-state index contributed by atoms with van der Waals surface area (Å²) in [4.78, 5) is 25.3. The molecular weight excluding hydrogens is 340 g/mol. The third-order valence-electron chi connectivity index (χ3n) is 4.25. The third-order valence-corrected chi connectivity index (χ3v) is 4.25. The summed E-state index contributed by atoms with van der Waals surface area (Å²) in [6, 6.07) is 4.44. The molecule has 1 aromatic heterocycles. The number of hydrogen-bond acceptors (Lipinski definition) is 8. The van der Waals surface area contributed by atoms with Crippen molar-refractivity contribution in [2.45, 2.75) is 39.2 Å². The Morgan fingerprint density at radius 3 is 2.62 bits per heavy atom. The molecule has 1 aliphatic heterocycles. The summed E-state index contributed by atoms with van der Waals surface area (Å²) in [6.45, 7) is 3.01. The predicted molar refractivity (Wildman–Crippen MR) is 91.9 cm³/mol. The number of aromatic nitrogens is 2. The number of rotatable bonds is 5. The number of hydrogen-bond donors (Lipinski definition) is 0. The third kappa shape index (κ3) is 4.16. The molecule has 2 heterocycles. The van der Waals surface area contributed by atoms with E-state index in [1.54, 1.807) is 19.1 Å². The number of nitro benzene ring substituents is 1. The molecule has 0 unspecified atom stereocenters. The first kappa shape index (κ1) is 17.8. The van der Waals surface area contributed by atoms with E-state index in [4.69, 9.17) is 9.15 Å². The Labute approximate surface area is 150 Å². The molecule has 1 aromatic carbocycles. The summed E-state index contributed by atoms with van der Waals surface area (Å²) in [7, 11) is 0. The predicted octanol–water partition coefficient (Wildman–Crippen LogP) is 3.02. The van der Waals surface area contributed by atoms with Gasteiger partial charge in [-0.2, -0.15) is 0 Å². The maximum absolute atomic E-state index is 12.2. The summed E-state index contributed by atoms with van der Waals surface area (Å²) in [5.41, 5.74) is 0.572. The van der Waals surface area contributed by atoms with Crippen LogP contribution in [0.15, 0.2) is 22.6 Å². The Balaban J connectivity index is 1.76. The van der Waals surface area contributed by atoms with Gasteiger partial charge in [0.15, 0.2) is 6.61 Å². The fraction of sp³-hybridized carbons (Fsp3) is 0.471. The molecule has 138 valence electrons. The quantitative estimate of drug-likeness (QED) is 0.454. The molecule has 0 spiro atoms. The van der Waals surface area contributed by atoms with Crippen LogP contribution in [0.5, 0.6) is 0 Å². The van der Waals surface area contributed by atoms with Crippen LogP contribution in [0.25, 0.3) is 0 Å². The highest BCUT2D eigenvalue weighted by Crippen LogP contribution is 2.31. The molecule has 9 nitrogen and oxygen atoms in total. The summed E-state index contributed by atoms with van der Waals surface area (Å²) in [5, 5.41) is 18.9. The zero-order chi connectivity index (χ0) is 18.5. The zero-order valence-corrected chi connectivity index (χ0v) is 14.5. The van der Waals surface area contributed by atoms with Crippen LogP contribution < -0.4 is 4.90 Å². The lowest BCUT2D eigenvalue weighted by atomic mass is 10.1. The number of nitro groups is 1. The molecule has 0 amide bonds. The van der Waals surface area contributed by atoms with Crippen LogP contribution in [-0.2, 0) is 11.3 Å². The smallest absolute Gasteiger partial charge is 0.338 e. The van der Waals surface area contributed by atoms with Gasteiger partial charge in [-0.05, 0) is 25.0 Å². The monoisotopic (exact) mass is 360 g/mol. The first-order valence-corrected chi connectivity index (χ1v) is 8.54. The van der Waals surface area contributed by atoms with E-state index in [0.717, 1.165) is 38.8 Å². The molecule has 26 heavy (non-hydrogen) atoms. The van der Waals surface area contributed by atoms with Gasteiger partial charge in [-0.3, -0.25) is 10.1 Å². The Morgan fingerprint density at radius 1 is 1.27 bits per heavy atom. The van der Waals surface area contributed by atoms with Crippen LogP contribution in [-0.4, -0.2) is 34.2 Å². The number of aryl methyl sites for hydroxylation is 1. The van der Waals surface area contributed by atoms with Crippen LogP contribution in [0.1, 0.15) is 47.8 Å². The minimum absolute atomic E-state index is 0.0880. The van der Waals surface area contributed by atoms with E-state index in [-0.39, 0.29) is 23.7 Å². The summed E-state index contributed by atoms with van der Waals surface area (Å²) in [5.74, 6) is -0.133. The van der Waals surface area contributed by atoms with Crippen molar-refractivity contribution in [3.63, 3.8) is 0 Å². The minimum Gasteiger partial charge on any atom is -0.452 e. The van der Waals surface area contributed by atoms with Crippen LogP contribution >= 0.6 is 0 Å². The molecule has 1 saturated heterocycles. The van der Waals surface area contributed by atoms with E-state index in [9.17, 15) is 14.9 Å². The number of ether oxygens (including phenoxy) is 1. The van der Waals surface area contributed by atoms with Crippen molar-refractivity contribution in [2.75, 3.05) is 18.0 Å². The van der Waals surface area contributed by atoms with Crippen LogP contribution in [0, 0.1) is 17.0 Å². The van der Waals surface area contributed by atoms with Crippen molar-refractivity contribution in [1.82, 2.24) is 10.2 Å². The van der Waals surface area contributed by atoms with E-state index >= 15 is 0 Å². The largest absolute Gasteiger partial charge is 0.452 e. The highest BCUT2D eigenvalue weighted by atomic mass is 16.6. The van der Waals surface area contributed by atoms with E-state index in [2.05, 4.69) is 10.2 Å². The lowest BCUT2D eigenvalue weighted by Gasteiger charge is -2.22. The van der Waals surface area contributed by atoms with Gasteiger partial charge in [0.05, 0.1) is 10.5 Å². The Kier molecular flexibility index (Phi) is 5.45. The number of benzene rings is 1. The first-order chi connectivity index (χ1) is 12.5. The SMILES string of the molecule is Cc1nnc(COC(=O)c2ccc(N3CCCCCC3)c([N+](=O)[O-])c2)o1. The van der Waals surface area contributed by atoms with Crippen molar-refractivity contribution in [2.24, 2.45) is 0 Å². The molecule has 0 N–H and O–H groups in total. The average molecular weight is 360 g/mol. The molecule has 0 radical (unpaired) electrons. The molecule has 9 heteroatoms.